The zero-order chi connectivity index (χ0) is 24.7. The second-order valence-corrected chi connectivity index (χ2v) is 8.19. The van der Waals surface area contributed by atoms with Gasteiger partial charge in [0.15, 0.2) is 17.7 Å². The third-order valence-corrected chi connectivity index (χ3v) is 5.50. The fourth-order valence-corrected chi connectivity index (χ4v) is 3.64. The number of halogens is 2. The highest BCUT2D eigenvalue weighted by atomic mass is 19.2. The van der Waals surface area contributed by atoms with E-state index in [4.69, 9.17) is 0 Å². The van der Waals surface area contributed by atoms with E-state index in [1.54, 1.807) is 13.8 Å². The summed E-state index contributed by atoms with van der Waals surface area (Å²) in [4.78, 5) is 50.5. The zero-order valence-electron chi connectivity index (χ0n) is 18.8. The molecule has 11 heteroatoms. The van der Waals surface area contributed by atoms with E-state index in [9.17, 15) is 33.1 Å². The fraction of sp³-hybridized carbons (Fsp3) is 0.545. The first-order valence-electron chi connectivity index (χ1n) is 10.6. The smallest absolute Gasteiger partial charge is 0.330 e. The van der Waals surface area contributed by atoms with Gasteiger partial charge in [-0.25, -0.2) is 13.6 Å². The number of nitrogens with zero attached hydrogens (tertiary/aromatic N) is 1. The summed E-state index contributed by atoms with van der Waals surface area (Å²) >= 11 is 0. The minimum absolute atomic E-state index is 0.00736. The highest BCUT2D eigenvalue weighted by Gasteiger charge is 2.35. The Labute approximate surface area is 190 Å². The molecule has 1 aromatic carbocycles. The van der Waals surface area contributed by atoms with Gasteiger partial charge in [-0.2, -0.15) is 0 Å². The fourth-order valence-electron chi connectivity index (χ4n) is 3.64. The molecule has 3 amide bonds. The lowest BCUT2D eigenvalue weighted by Crippen LogP contribution is -2.55. The van der Waals surface area contributed by atoms with E-state index >= 15 is 0 Å². The highest BCUT2D eigenvalue weighted by molar-refractivity contribution is 5.91. The number of methoxy groups -OCH3 is 1. The number of benzene rings is 1. The van der Waals surface area contributed by atoms with Crippen LogP contribution in [0.1, 0.15) is 38.7 Å². The molecule has 182 valence electrons. The number of aliphatic hydroxyl groups is 1. The van der Waals surface area contributed by atoms with E-state index in [-0.39, 0.29) is 36.8 Å². The van der Waals surface area contributed by atoms with Crippen LogP contribution in [0.2, 0.25) is 0 Å². The number of amides is 3. The summed E-state index contributed by atoms with van der Waals surface area (Å²) < 4.78 is 32.1. The second-order valence-electron chi connectivity index (χ2n) is 8.19. The number of aliphatic hydroxyl groups excluding tert-OH is 1. The van der Waals surface area contributed by atoms with Crippen LogP contribution in [0.4, 0.5) is 8.78 Å². The van der Waals surface area contributed by atoms with E-state index in [0.717, 1.165) is 13.2 Å². The monoisotopic (exact) mass is 469 g/mol. The minimum Gasteiger partial charge on any atom is -0.467 e. The molecule has 1 aromatic rings. The predicted octanol–water partition coefficient (Wildman–Crippen LogP) is 0.637. The van der Waals surface area contributed by atoms with Crippen LogP contribution in [0.15, 0.2) is 18.2 Å². The Balaban J connectivity index is 2.05. The van der Waals surface area contributed by atoms with Gasteiger partial charge in [-0.15, -0.1) is 0 Å². The van der Waals surface area contributed by atoms with E-state index in [2.05, 4.69) is 15.4 Å². The van der Waals surface area contributed by atoms with Gasteiger partial charge in [0.1, 0.15) is 6.04 Å². The first-order chi connectivity index (χ1) is 15.6. The number of ether oxygens (including phenoxy) is 1. The molecule has 33 heavy (non-hydrogen) atoms. The van der Waals surface area contributed by atoms with Gasteiger partial charge < -0.3 is 25.4 Å². The molecule has 3 N–H and O–H groups in total. The van der Waals surface area contributed by atoms with Crippen LogP contribution in [0.5, 0.6) is 0 Å². The van der Waals surface area contributed by atoms with Crippen molar-refractivity contribution in [3.05, 3.63) is 35.4 Å². The lowest BCUT2D eigenvalue weighted by molar-refractivity contribution is -0.146. The van der Waals surface area contributed by atoms with Gasteiger partial charge in [-0.05, 0) is 18.4 Å². The number of nitrogens with one attached hydrogen (secondary N) is 2. The van der Waals surface area contributed by atoms with Crippen LogP contribution in [0, 0.1) is 17.6 Å². The summed E-state index contributed by atoms with van der Waals surface area (Å²) in [6.07, 6.45) is 0.385. The second kappa shape index (κ2) is 11.7. The van der Waals surface area contributed by atoms with Crippen LogP contribution in [-0.4, -0.2) is 65.5 Å². The first-order valence-corrected chi connectivity index (χ1v) is 10.6. The summed E-state index contributed by atoms with van der Waals surface area (Å²) in [5.41, 5.74) is 0.00736. The molecule has 0 bridgehead atoms. The topological polar surface area (TPSA) is 125 Å². The average Bonchev–Trinajstić information content (AvgIpc) is 3.11. The van der Waals surface area contributed by atoms with Crippen molar-refractivity contribution in [2.75, 3.05) is 13.7 Å². The van der Waals surface area contributed by atoms with Crippen molar-refractivity contribution in [2.24, 2.45) is 5.92 Å². The van der Waals surface area contributed by atoms with Crippen molar-refractivity contribution < 1.29 is 37.8 Å². The molecule has 3 atom stereocenters. The molecular formula is C22H29F2N3O6. The van der Waals surface area contributed by atoms with E-state index in [1.807, 2.05) is 0 Å². The maximum Gasteiger partial charge on any atom is 0.330 e. The SMILES string of the molecule is COC(=O)[C@H](CO)NC(=O)C(NC(=O)C[C@@H]1CCC(=O)N1Cc1cccc(F)c1F)C(C)C. The van der Waals surface area contributed by atoms with Crippen LogP contribution in [0.25, 0.3) is 0 Å². The third kappa shape index (κ3) is 6.70. The van der Waals surface area contributed by atoms with Crippen molar-refractivity contribution in [1.82, 2.24) is 15.5 Å². The highest BCUT2D eigenvalue weighted by Crippen LogP contribution is 2.25. The van der Waals surface area contributed by atoms with Crippen molar-refractivity contribution in [1.29, 1.82) is 0 Å². The summed E-state index contributed by atoms with van der Waals surface area (Å²) in [7, 11) is 1.11. The lowest BCUT2D eigenvalue weighted by Gasteiger charge is -2.27. The number of likely N-dealkylation sites (tertiary alicyclic amines) is 1. The van der Waals surface area contributed by atoms with Crippen molar-refractivity contribution in [2.45, 2.75) is 57.8 Å². The van der Waals surface area contributed by atoms with Gasteiger partial charge in [0.05, 0.1) is 13.7 Å². The van der Waals surface area contributed by atoms with Gasteiger partial charge in [0.2, 0.25) is 17.7 Å². The number of hydrogen-bond donors (Lipinski definition) is 3. The summed E-state index contributed by atoms with van der Waals surface area (Å²) in [6.45, 7) is 2.53. The summed E-state index contributed by atoms with van der Waals surface area (Å²) in [5.74, 6) is -4.72. The molecule has 1 saturated heterocycles. The molecule has 9 nitrogen and oxygen atoms in total. The molecule has 1 aliphatic heterocycles. The Morgan fingerprint density at radius 2 is 1.94 bits per heavy atom. The van der Waals surface area contributed by atoms with Crippen molar-refractivity contribution in [3.8, 4) is 0 Å². The molecule has 0 aromatic heterocycles. The maximum atomic E-state index is 14.0. The summed E-state index contributed by atoms with van der Waals surface area (Å²) in [5, 5.41) is 14.2. The minimum atomic E-state index is -1.27. The van der Waals surface area contributed by atoms with E-state index < -0.39 is 54.2 Å². The van der Waals surface area contributed by atoms with Crippen LogP contribution >= 0.6 is 0 Å². The molecule has 0 radical (unpaired) electrons. The van der Waals surface area contributed by atoms with Gasteiger partial charge in [-0.1, -0.05) is 26.0 Å². The molecular weight excluding hydrogens is 440 g/mol. The summed E-state index contributed by atoms with van der Waals surface area (Å²) in [6, 6.07) is 0.868. The van der Waals surface area contributed by atoms with Crippen LogP contribution < -0.4 is 10.6 Å². The van der Waals surface area contributed by atoms with Crippen molar-refractivity contribution in [3.63, 3.8) is 0 Å². The molecule has 1 aliphatic rings. The van der Waals surface area contributed by atoms with E-state index in [1.165, 1.54) is 17.0 Å². The molecule has 0 spiro atoms. The zero-order valence-corrected chi connectivity index (χ0v) is 18.8. The van der Waals surface area contributed by atoms with Gasteiger partial charge >= 0.3 is 5.97 Å². The van der Waals surface area contributed by atoms with Gasteiger partial charge in [0.25, 0.3) is 0 Å². The van der Waals surface area contributed by atoms with Crippen molar-refractivity contribution >= 4 is 23.7 Å². The average molecular weight is 469 g/mol. The molecule has 1 fully saturated rings. The molecule has 2 rings (SSSR count). The third-order valence-electron chi connectivity index (χ3n) is 5.50. The van der Waals surface area contributed by atoms with Crippen LogP contribution in [-0.2, 0) is 30.5 Å². The number of carbonyl (C=O) groups excluding carboxylic acids is 4. The maximum absolute atomic E-state index is 14.0. The largest absolute Gasteiger partial charge is 0.467 e. The molecule has 0 aliphatic carbocycles. The predicted molar refractivity (Wildman–Crippen MR) is 112 cm³/mol. The Hall–Kier alpha value is -3.08. The number of rotatable bonds is 10. The molecule has 0 saturated carbocycles. The number of carbonyl (C=O) groups is 4. The number of hydrogen-bond acceptors (Lipinski definition) is 6. The Morgan fingerprint density at radius 1 is 1.24 bits per heavy atom. The quantitative estimate of drug-likeness (QED) is 0.432. The van der Waals surface area contributed by atoms with Gasteiger partial charge in [0, 0.05) is 31.0 Å². The van der Waals surface area contributed by atoms with Gasteiger partial charge in [-0.3, -0.25) is 14.4 Å². The van der Waals surface area contributed by atoms with Crippen LogP contribution in [0.3, 0.4) is 0 Å². The Kier molecular flexibility index (Phi) is 9.27. The standard InChI is InChI=1S/C22H29F2N3O6/c1-12(2)20(21(31)25-16(11-28)22(32)33-3)26-17(29)9-14-7-8-18(30)27(14)10-13-5-4-6-15(23)19(13)24/h4-6,12,14,16,20,28H,7-11H2,1-3H3,(H,25,31)(H,26,29)/t14-,16-,20?/m0/s1. The number of esters is 1. The molecule has 1 heterocycles. The normalized spacial score (nSPS) is 17.6. The van der Waals surface area contributed by atoms with E-state index in [0.29, 0.717) is 6.42 Å². The first kappa shape index (κ1) is 26.2. The molecule has 1 unspecified atom stereocenters. The Morgan fingerprint density at radius 3 is 2.55 bits per heavy atom. The Bertz CT molecular complexity index is 895. The lowest BCUT2D eigenvalue weighted by atomic mass is 10.0.